The maximum Gasteiger partial charge on any atom is 0.237 e. The molecule has 3 atom stereocenters. The minimum Gasteiger partial charge on any atom is -0.352 e. The van der Waals surface area contributed by atoms with Crippen LogP contribution < -0.4 is 11.1 Å². The lowest BCUT2D eigenvalue weighted by Crippen LogP contribution is -2.47. The number of amides is 1. The molecule has 1 aromatic carbocycles. The van der Waals surface area contributed by atoms with Gasteiger partial charge in [-0.25, -0.2) is 0 Å². The van der Waals surface area contributed by atoms with Gasteiger partial charge >= 0.3 is 0 Å². The molecule has 0 spiro atoms. The molecule has 0 aromatic heterocycles. The molecule has 0 radical (unpaired) electrons. The molecule has 1 aromatic rings. The van der Waals surface area contributed by atoms with E-state index >= 15 is 0 Å². The lowest BCUT2D eigenvalue weighted by molar-refractivity contribution is -0.123. The molecular formula is C17H26N2O. The highest BCUT2D eigenvalue weighted by molar-refractivity contribution is 5.82. The third kappa shape index (κ3) is 4.34. The predicted molar refractivity (Wildman–Crippen MR) is 82.3 cm³/mol. The van der Waals surface area contributed by atoms with Crippen molar-refractivity contribution in [2.45, 2.75) is 57.5 Å². The van der Waals surface area contributed by atoms with E-state index in [9.17, 15) is 4.79 Å². The third-order valence-corrected chi connectivity index (χ3v) is 4.34. The Bertz CT molecular complexity index is 418. The number of nitrogens with two attached hydrogens (primary N) is 1. The van der Waals surface area contributed by atoms with Crippen molar-refractivity contribution in [2.24, 2.45) is 11.7 Å². The van der Waals surface area contributed by atoms with Gasteiger partial charge in [0.05, 0.1) is 6.04 Å². The normalized spacial score (nSPS) is 24.1. The van der Waals surface area contributed by atoms with Gasteiger partial charge in [0, 0.05) is 6.04 Å². The SMILES string of the molecule is CCC1CCCC(NC(=O)[C@@H](N)Cc2ccccc2)C1. The first-order valence-corrected chi connectivity index (χ1v) is 7.79. The number of carbonyl (C=O) groups is 1. The van der Waals surface area contributed by atoms with Crippen LogP contribution in [-0.4, -0.2) is 18.0 Å². The highest BCUT2D eigenvalue weighted by Crippen LogP contribution is 2.26. The Morgan fingerprint density at radius 3 is 2.80 bits per heavy atom. The number of carbonyl (C=O) groups excluding carboxylic acids is 1. The lowest BCUT2D eigenvalue weighted by atomic mass is 9.84. The van der Waals surface area contributed by atoms with Crippen LogP contribution >= 0.6 is 0 Å². The first-order valence-electron chi connectivity index (χ1n) is 7.79. The molecule has 1 saturated carbocycles. The number of hydrogen-bond acceptors (Lipinski definition) is 2. The zero-order valence-electron chi connectivity index (χ0n) is 12.3. The summed E-state index contributed by atoms with van der Waals surface area (Å²) in [5, 5.41) is 3.14. The number of rotatable bonds is 5. The molecule has 1 fully saturated rings. The zero-order valence-corrected chi connectivity index (χ0v) is 12.3. The van der Waals surface area contributed by atoms with Crippen molar-refractivity contribution in [1.82, 2.24) is 5.32 Å². The van der Waals surface area contributed by atoms with Gasteiger partial charge in [0.15, 0.2) is 0 Å². The van der Waals surface area contributed by atoms with Gasteiger partial charge in [-0.2, -0.15) is 0 Å². The summed E-state index contributed by atoms with van der Waals surface area (Å²) in [5.41, 5.74) is 7.14. The molecule has 110 valence electrons. The fraction of sp³-hybridized carbons (Fsp3) is 0.588. The van der Waals surface area contributed by atoms with Crippen molar-refractivity contribution in [3.8, 4) is 0 Å². The quantitative estimate of drug-likeness (QED) is 0.867. The molecule has 1 aliphatic rings. The van der Waals surface area contributed by atoms with Crippen molar-refractivity contribution in [2.75, 3.05) is 0 Å². The topological polar surface area (TPSA) is 55.1 Å². The number of hydrogen-bond donors (Lipinski definition) is 2. The molecule has 2 unspecified atom stereocenters. The van der Waals surface area contributed by atoms with Crippen LogP contribution in [0.2, 0.25) is 0 Å². The van der Waals surface area contributed by atoms with Crippen LogP contribution in [0, 0.1) is 5.92 Å². The summed E-state index contributed by atoms with van der Waals surface area (Å²) in [6.45, 7) is 2.23. The molecule has 3 N–H and O–H groups in total. The summed E-state index contributed by atoms with van der Waals surface area (Å²) in [5.74, 6) is 0.759. The largest absolute Gasteiger partial charge is 0.352 e. The Hall–Kier alpha value is -1.35. The molecule has 3 heteroatoms. The average molecular weight is 274 g/mol. The third-order valence-electron chi connectivity index (χ3n) is 4.34. The molecule has 1 aliphatic carbocycles. The van der Waals surface area contributed by atoms with E-state index in [2.05, 4.69) is 12.2 Å². The maximum absolute atomic E-state index is 12.2. The van der Waals surface area contributed by atoms with E-state index in [1.54, 1.807) is 0 Å². The fourth-order valence-electron chi connectivity index (χ4n) is 3.06. The first-order chi connectivity index (χ1) is 9.69. The summed E-state index contributed by atoms with van der Waals surface area (Å²) in [7, 11) is 0. The predicted octanol–water partition coefficient (Wildman–Crippen LogP) is 2.64. The van der Waals surface area contributed by atoms with Crippen molar-refractivity contribution >= 4 is 5.91 Å². The van der Waals surface area contributed by atoms with Crippen LogP contribution in [0.25, 0.3) is 0 Å². The summed E-state index contributed by atoms with van der Waals surface area (Å²) in [4.78, 5) is 12.2. The van der Waals surface area contributed by atoms with E-state index in [-0.39, 0.29) is 5.91 Å². The lowest BCUT2D eigenvalue weighted by Gasteiger charge is -2.29. The van der Waals surface area contributed by atoms with Crippen molar-refractivity contribution in [1.29, 1.82) is 0 Å². The molecule has 0 heterocycles. The van der Waals surface area contributed by atoms with Gasteiger partial charge < -0.3 is 11.1 Å². The van der Waals surface area contributed by atoms with Gasteiger partial charge in [-0.1, -0.05) is 56.5 Å². The first kappa shape index (κ1) is 15.0. The van der Waals surface area contributed by atoms with Gasteiger partial charge in [-0.15, -0.1) is 0 Å². The second kappa shape index (κ2) is 7.44. The standard InChI is InChI=1S/C17H26N2O/c1-2-13-9-6-10-15(11-13)19-17(20)16(18)12-14-7-4-3-5-8-14/h3-5,7-8,13,15-16H,2,6,9-12,18H2,1H3,(H,19,20)/t13?,15?,16-/m0/s1. The van der Waals surface area contributed by atoms with Gasteiger partial charge in [-0.05, 0) is 30.7 Å². The second-order valence-electron chi connectivity index (χ2n) is 5.94. The van der Waals surface area contributed by atoms with E-state index in [4.69, 9.17) is 5.73 Å². The highest BCUT2D eigenvalue weighted by atomic mass is 16.2. The van der Waals surface area contributed by atoms with Gasteiger partial charge in [0.2, 0.25) is 5.91 Å². The Kier molecular flexibility index (Phi) is 5.60. The summed E-state index contributed by atoms with van der Waals surface area (Å²) < 4.78 is 0. The zero-order chi connectivity index (χ0) is 14.4. The number of nitrogens with one attached hydrogen (secondary N) is 1. The van der Waals surface area contributed by atoms with Crippen LogP contribution in [0.5, 0.6) is 0 Å². The van der Waals surface area contributed by atoms with Crippen molar-refractivity contribution in [3.63, 3.8) is 0 Å². The minimum atomic E-state index is -0.445. The van der Waals surface area contributed by atoms with Crippen LogP contribution in [0.4, 0.5) is 0 Å². The van der Waals surface area contributed by atoms with E-state index < -0.39 is 6.04 Å². The molecule has 0 aliphatic heterocycles. The van der Waals surface area contributed by atoms with E-state index in [0.717, 1.165) is 24.3 Å². The summed E-state index contributed by atoms with van der Waals surface area (Å²) >= 11 is 0. The molecule has 3 nitrogen and oxygen atoms in total. The molecule has 0 saturated heterocycles. The van der Waals surface area contributed by atoms with E-state index in [1.165, 1.54) is 19.3 Å². The van der Waals surface area contributed by atoms with Gasteiger partial charge in [0.25, 0.3) is 0 Å². The Morgan fingerprint density at radius 2 is 2.10 bits per heavy atom. The molecule has 20 heavy (non-hydrogen) atoms. The molecule has 2 rings (SSSR count). The van der Waals surface area contributed by atoms with Crippen molar-refractivity contribution in [3.05, 3.63) is 35.9 Å². The smallest absolute Gasteiger partial charge is 0.237 e. The number of benzene rings is 1. The van der Waals surface area contributed by atoms with Crippen LogP contribution in [-0.2, 0) is 11.2 Å². The van der Waals surface area contributed by atoms with Crippen LogP contribution in [0.15, 0.2) is 30.3 Å². The monoisotopic (exact) mass is 274 g/mol. The van der Waals surface area contributed by atoms with Gasteiger partial charge in [0.1, 0.15) is 0 Å². The van der Waals surface area contributed by atoms with Crippen LogP contribution in [0.3, 0.4) is 0 Å². The molecule has 0 bridgehead atoms. The van der Waals surface area contributed by atoms with E-state index in [0.29, 0.717) is 12.5 Å². The molecule has 1 amide bonds. The summed E-state index contributed by atoms with van der Waals surface area (Å²) in [6.07, 6.45) is 6.55. The maximum atomic E-state index is 12.2. The molecular weight excluding hydrogens is 248 g/mol. The second-order valence-corrected chi connectivity index (χ2v) is 5.94. The Morgan fingerprint density at radius 1 is 1.35 bits per heavy atom. The van der Waals surface area contributed by atoms with Gasteiger partial charge in [-0.3, -0.25) is 4.79 Å². The highest BCUT2D eigenvalue weighted by Gasteiger charge is 2.24. The Balaban J connectivity index is 1.81. The Labute approximate surface area is 121 Å². The van der Waals surface area contributed by atoms with Crippen molar-refractivity contribution < 1.29 is 4.79 Å². The fourth-order valence-corrected chi connectivity index (χ4v) is 3.06. The van der Waals surface area contributed by atoms with Crippen LogP contribution in [0.1, 0.15) is 44.6 Å². The minimum absolute atomic E-state index is 0.00407. The van der Waals surface area contributed by atoms with E-state index in [1.807, 2.05) is 30.3 Å². The summed E-state index contributed by atoms with van der Waals surface area (Å²) in [6, 6.07) is 9.84. The average Bonchev–Trinajstić information content (AvgIpc) is 2.48.